The Kier molecular flexibility index (Phi) is 6.26. The Labute approximate surface area is 154 Å². The number of likely N-dealkylation sites (N-methyl/N-ethyl adjacent to an activating group) is 1. The van der Waals surface area contributed by atoms with Crippen LogP contribution >= 0.6 is 0 Å². The molecule has 8 nitrogen and oxygen atoms in total. The van der Waals surface area contributed by atoms with Crippen LogP contribution in [0.25, 0.3) is 0 Å². The zero-order chi connectivity index (χ0) is 18.5. The highest BCUT2D eigenvalue weighted by molar-refractivity contribution is 5.69. The molecule has 2 atom stereocenters. The maximum absolute atomic E-state index is 10.8. The zero-order valence-corrected chi connectivity index (χ0v) is 15.7. The Morgan fingerprint density at radius 1 is 1.31 bits per heavy atom. The van der Waals surface area contributed by atoms with E-state index in [1.807, 2.05) is 0 Å². The minimum absolute atomic E-state index is 0.0185. The molecule has 0 bridgehead atoms. The van der Waals surface area contributed by atoms with Gasteiger partial charge in [0, 0.05) is 38.8 Å². The van der Waals surface area contributed by atoms with E-state index in [4.69, 9.17) is 9.84 Å². The van der Waals surface area contributed by atoms with E-state index in [2.05, 4.69) is 32.8 Å². The van der Waals surface area contributed by atoms with Crippen LogP contribution in [0, 0.1) is 5.92 Å². The number of hydrogen-bond acceptors (Lipinski definition) is 7. The van der Waals surface area contributed by atoms with E-state index in [1.165, 1.54) is 12.8 Å². The van der Waals surface area contributed by atoms with Gasteiger partial charge in [0.15, 0.2) is 0 Å². The van der Waals surface area contributed by atoms with Gasteiger partial charge in [-0.25, -0.2) is 9.97 Å². The number of carboxylic acid groups (broad SMARTS) is 1. The van der Waals surface area contributed by atoms with Crippen molar-refractivity contribution in [2.24, 2.45) is 5.92 Å². The molecule has 0 aliphatic carbocycles. The summed E-state index contributed by atoms with van der Waals surface area (Å²) in [5, 5.41) is 8.90. The van der Waals surface area contributed by atoms with E-state index >= 15 is 0 Å². The molecule has 26 heavy (non-hydrogen) atoms. The lowest BCUT2D eigenvalue weighted by molar-refractivity contribution is -0.138. The molecule has 2 saturated heterocycles. The molecule has 2 fully saturated rings. The Balaban J connectivity index is 1.63. The van der Waals surface area contributed by atoms with E-state index in [0.717, 1.165) is 31.3 Å². The van der Waals surface area contributed by atoms with Gasteiger partial charge in [0.25, 0.3) is 0 Å². The van der Waals surface area contributed by atoms with Crippen LogP contribution in [0.1, 0.15) is 19.8 Å². The van der Waals surface area contributed by atoms with Crippen LogP contribution in [0.4, 0.5) is 11.6 Å². The number of nitrogens with zero attached hydrogens (tertiary/aromatic N) is 5. The third kappa shape index (κ3) is 5.04. The van der Waals surface area contributed by atoms with Crippen molar-refractivity contribution in [1.82, 2.24) is 14.9 Å². The van der Waals surface area contributed by atoms with Gasteiger partial charge in [0.05, 0.1) is 19.3 Å². The fraction of sp³-hybridized carbons (Fsp3) is 0.722. The molecule has 2 unspecified atom stereocenters. The SMILES string of the molecule is CC1CCCN(c2cc(N3CCOC(CN(C)CC(=O)O)C3)ncn2)C1. The van der Waals surface area contributed by atoms with Crippen LogP contribution in [0.5, 0.6) is 0 Å². The maximum Gasteiger partial charge on any atom is 0.317 e. The molecular formula is C18H29N5O3. The highest BCUT2D eigenvalue weighted by Crippen LogP contribution is 2.24. The molecule has 0 spiro atoms. The third-order valence-corrected chi connectivity index (χ3v) is 5.00. The van der Waals surface area contributed by atoms with Gasteiger partial charge in [0.1, 0.15) is 18.0 Å². The highest BCUT2D eigenvalue weighted by atomic mass is 16.5. The predicted molar refractivity (Wildman–Crippen MR) is 99.7 cm³/mol. The normalized spacial score (nSPS) is 24.1. The molecule has 1 N–H and O–H groups in total. The van der Waals surface area contributed by atoms with Crippen molar-refractivity contribution in [1.29, 1.82) is 0 Å². The van der Waals surface area contributed by atoms with Crippen molar-refractivity contribution < 1.29 is 14.6 Å². The third-order valence-electron chi connectivity index (χ3n) is 5.00. The molecule has 2 aliphatic rings. The maximum atomic E-state index is 10.8. The van der Waals surface area contributed by atoms with Crippen molar-refractivity contribution in [3.8, 4) is 0 Å². The van der Waals surface area contributed by atoms with Crippen LogP contribution in [-0.4, -0.2) is 85.0 Å². The molecule has 144 valence electrons. The number of morpholine rings is 1. The van der Waals surface area contributed by atoms with Gasteiger partial charge < -0.3 is 19.6 Å². The largest absolute Gasteiger partial charge is 0.480 e. The van der Waals surface area contributed by atoms with Crippen LogP contribution in [0.15, 0.2) is 12.4 Å². The Morgan fingerprint density at radius 2 is 2.04 bits per heavy atom. The summed E-state index contributed by atoms with van der Waals surface area (Å²) in [6.45, 7) is 7.09. The van der Waals surface area contributed by atoms with Gasteiger partial charge in [0.2, 0.25) is 0 Å². The average Bonchev–Trinajstić information content (AvgIpc) is 2.61. The first-order valence-electron chi connectivity index (χ1n) is 9.35. The second-order valence-corrected chi connectivity index (χ2v) is 7.46. The van der Waals surface area contributed by atoms with Crippen molar-refractivity contribution in [3.05, 3.63) is 12.4 Å². The van der Waals surface area contributed by atoms with Crippen molar-refractivity contribution >= 4 is 17.6 Å². The molecule has 3 rings (SSSR count). The molecule has 1 aromatic heterocycles. The summed E-state index contributed by atoms with van der Waals surface area (Å²) in [6.07, 6.45) is 4.10. The summed E-state index contributed by atoms with van der Waals surface area (Å²) in [7, 11) is 1.80. The number of aliphatic carboxylic acids is 1. The number of rotatable bonds is 6. The van der Waals surface area contributed by atoms with Gasteiger partial charge in [-0.3, -0.25) is 9.69 Å². The van der Waals surface area contributed by atoms with Crippen molar-refractivity contribution in [2.45, 2.75) is 25.9 Å². The number of ether oxygens (including phenoxy) is 1. The van der Waals surface area contributed by atoms with E-state index in [9.17, 15) is 4.79 Å². The number of carboxylic acids is 1. The minimum Gasteiger partial charge on any atom is -0.480 e. The molecule has 0 amide bonds. The zero-order valence-electron chi connectivity index (χ0n) is 15.7. The van der Waals surface area contributed by atoms with Crippen LogP contribution in [0.2, 0.25) is 0 Å². The van der Waals surface area contributed by atoms with Gasteiger partial charge in [-0.1, -0.05) is 6.92 Å². The molecule has 0 radical (unpaired) electrons. The lowest BCUT2D eigenvalue weighted by Gasteiger charge is -2.36. The topological polar surface area (TPSA) is 82.0 Å². The van der Waals surface area contributed by atoms with Crippen LogP contribution in [0.3, 0.4) is 0 Å². The summed E-state index contributed by atoms with van der Waals surface area (Å²) in [5.41, 5.74) is 0. The van der Waals surface area contributed by atoms with Crippen LogP contribution in [-0.2, 0) is 9.53 Å². The number of anilines is 2. The van der Waals surface area contributed by atoms with E-state index in [1.54, 1.807) is 18.3 Å². The second kappa shape index (κ2) is 8.64. The van der Waals surface area contributed by atoms with E-state index in [-0.39, 0.29) is 12.6 Å². The molecule has 0 aromatic carbocycles. The monoisotopic (exact) mass is 363 g/mol. The molecule has 1 aromatic rings. The standard InChI is InChI=1S/C18H29N5O3/c1-14-4-3-5-22(9-14)16-8-17(20-13-19-16)23-6-7-26-15(11-23)10-21(2)12-18(24)25/h8,13-15H,3-7,9-12H2,1-2H3,(H,24,25). The summed E-state index contributed by atoms with van der Waals surface area (Å²) < 4.78 is 5.81. The highest BCUT2D eigenvalue weighted by Gasteiger charge is 2.24. The minimum atomic E-state index is -0.823. The van der Waals surface area contributed by atoms with Crippen LogP contribution < -0.4 is 9.80 Å². The number of hydrogen-bond donors (Lipinski definition) is 1. The first-order chi connectivity index (χ1) is 12.5. The fourth-order valence-corrected chi connectivity index (χ4v) is 3.76. The summed E-state index contributed by atoms with van der Waals surface area (Å²) >= 11 is 0. The van der Waals surface area contributed by atoms with E-state index in [0.29, 0.717) is 25.6 Å². The second-order valence-electron chi connectivity index (χ2n) is 7.46. The number of aromatic nitrogens is 2. The van der Waals surface area contributed by atoms with Gasteiger partial charge >= 0.3 is 5.97 Å². The first-order valence-corrected chi connectivity index (χ1v) is 9.35. The first kappa shape index (κ1) is 18.8. The molecule has 2 aliphatic heterocycles. The van der Waals surface area contributed by atoms with Gasteiger partial charge in [-0.05, 0) is 25.8 Å². The smallest absolute Gasteiger partial charge is 0.317 e. The predicted octanol–water partition coefficient (Wildman–Crippen LogP) is 0.935. The summed E-state index contributed by atoms with van der Waals surface area (Å²) in [4.78, 5) is 26.1. The quantitative estimate of drug-likeness (QED) is 0.800. The lowest BCUT2D eigenvalue weighted by atomic mass is 10.0. The molecular weight excluding hydrogens is 334 g/mol. The number of piperidine rings is 1. The Hall–Kier alpha value is -1.93. The van der Waals surface area contributed by atoms with E-state index < -0.39 is 5.97 Å². The van der Waals surface area contributed by atoms with Crippen molar-refractivity contribution in [3.63, 3.8) is 0 Å². The Morgan fingerprint density at radius 3 is 2.73 bits per heavy atom. The molecule has 3 heterocycles. The fourth-order valence-electron chi connectivity index (χ4n) is 3.76. The average molecular weight is 363 g/mol. The van der Waals surface area contributed by atoms with Gasteiger partial charge in [-0.2, -0.15) is 0 Å². The van der Waals surface area contributed by atoms with Gasteiger partial charge in [-0.15, -0.1) is 0 Å². The summed E-state index contributed by atoms with van der Waals surface area (Å²) in [6, 6.07) is 2.07. The lowest BCUT2D eigenvalue weighted by Crippen LogP contribution is -2.48. The Bertz CT molecular complexity index is 614. The molecule has 0 saturated carbocycles. The summed E-state index contributed by atoms with van der Waals surface area (Å²) in [5.74, 6) is 1.78. The van der Waals surface area contributed by atoms with Crippen molar-refractivity contribution in [2.75, 3.05) is 62.7 Å². The molecule has 8 heteroatoms. The number of carbonyl (C=O) groups is 1.